The molecule has 0 aliphatic carbocycles. The number of carbonyl (C=O) groups is 1. The number of carbonyl (C=O) groups excluding carboxylic acids is 1. The van der Waals surface area contributed by atoms with Crippen molar-refractivity contribution in [2.24, 2.45) is 0 Å². The lowest BCUT2D eigenvalue weighted by atomic mass is 10.3. The molecule has 4 nitrogen and oxygen atoms in total. The predicted octanol–water partition coefficient (Wildman–Crippen LogP) is 0.369. The van der Waals surface area contributed by atoms with Crippen molar-refractivity contribution < 1.29 is 23.1 Å². The topological polar surface area (TPSA) is 52.6 Å². The minimum Gasteiger partial charge on any atom is -0.396 e. The molecule has 0 bridgehead atoms. The summed E-state index contributed by atoms with van der Waals surface area (Å²) >= 11 is 0. The molecule has 0 fully saturated rings. The summed E-state index contributed by atoms with van der Waals surface area (Å²) in [5.74, 6) is -0.655. The highest BCUT2D eigenvalue weighted by atomic mass is 19.4. The molecule has 0 saturated carbocycles. The van der Waals surface area contributed by atoms with Crippen LogP contribution in [0.25, 0.3) is 0 Å². The highest BCUT2D eigenvalue weighted by molar-refractivity contribution is 5.78. The summed E-state index contributed by atoms with van der Waals surface area (Å²) in [5, 5.41) is 10.4. The highest BCUT2D eigenvalue weighted by Crippen LogP contribution is 2.11. The second-order valence-corrected chi connectivity index (χ2v) is 3.34. The number of aliphatic hydroxyl groups is 1. The third kappa shape index (κ3) is 8.49. The molecule has 0 aromatic heterocycles. The van der Waals surface area contributed by atoms with E-state index in [0.717, 1.165) is 0 Å². The van der Waals surface area contributed by atoms with Crippen LogP contribution in [0, 0.1) is 0 Å². The Balaban J connectivity index is 3.83. The second-order valence-electron chi connectivity index (χ2n) is 3.34. The standard InChI is InChI=1S/C9H17F3N2O2/c1-2-14(4-3-5-15)6-8(16)13-7-9(10,11)12/h15H,2-7H2,1H3,(H,13,16). The average Bonchev–Trinajstić information content (AvgIpc) is 2.20. The second kappa shape index (κ2) is 7.45. The molecule has 16 heavy (non-hydrogen) atoms. The van der Waals surface area contributed by atoms with Crippen LogP contribution in [0.2, 0.25) is 0 Å². The fourth-order valence-corrected chi connectivity index (χ4v) is 1.10. The summed E-state index contributed by atoms with van der Waals surface area (Å²) in [5.41, 5.74) is 0. The molecular formula is C9H17F3N2O2. The van der Waals surface area contributed by atoms with Crippen LogP contribution < -0.4 is 5.32 Å². The van der Waals surface area contributed by atoms with E-state index in [1.54, 1.807) is 17.1 Å². The van der Waals surface area contributed by atoms with Crippen molar-refractivity contribution in [2.45, 2.75) is 19.5 Å². The molecule has 96 valence electrons. The summed E-state index contributed by atoms with van der Waals surface area (Å²) in [6.45, 7) is 1.47. The average molecular weight is 242 g/mol. The number of hydrogen-bond acceptors (Lipinski definition) is 3. The van der Waals surface area contributed by atoms with Gasteiger partial charge in [-0.2, -0.15) is 13.2 Å². The Kier molecular flexibility index (Phi) is 7.07. The van der Waals surface area contributed by atoms with Gasteiger partial charge in [0.25, 0.3) is 0 Å². The molecule has 0 aromatic rings. The Morgan fingerprint density at radius 1 is 1.44 bits per heavy atom. The van der Waals surface area contributed by atoms with Crippen LogP contribution in [0.5, 0.6) is 0 Å². The van der Waals surface area contributed by atoms with Crippen LogP contribution >= 0.6 is 0 Å². The van der Waals surface area contributed by atoms with Gasteiger partial charge >= 0.3 is 6.18 Å². The zero-order valence-corrected chi connectivity index (χ0v) is 9.18. The first-order valence-electron chi connectivity index (χ1n) is 5.05. The number of alkyl halides is 3. The van der Waals surface area contributed by atoms with Gasteiger partial charge in [-0.25, -0.2) is 0 Å². The molecule has 0 aliphatic rings. The largest absolute Gasteiger partial charge is 0.405 e. The monoisotopic (exact) mass is 242 g/mol. The van der Waals surface area contributed by atoms with Crippen molar-refractivity contribution in [1.29, 1.82) is 0 Å². The lowest BCUT2D eigenvalue weighted by molar-refractivity contribution is -0.139. The molecule has 0 aromatic carbocycles. The van der Waals surface area contributed by atoms with Gasteiger partial charge in [-0.3, -0.25) is 9.69 Å². The first-order chi connectivity index (χ1) is 7.39. The molecule has 0 aliphatic heterocycles. The molecular weight excluding hydrogens is 225 g/mol. The smallest absolute Gasteiger partial charge is 0.396 e. The maximum Gasteiger partial charge on any atom is 0.405 e. The van der Waals surface area contributed by atoms with Gasteiger partial charge in [0.05, 0.1) is 6.54 Å². The number of likely N-dealkylation sites (N-methyl/N-ethyl adjacent to an activating group) is 1. The third-order valence-corrected chi connectivity index (χ3v) is 1.93. The summed E-state index contributed by atoms with van der Waals surface area (Å²) in [6, 6.07) is 0. The van der Waals surface area contributed by atoms with E-state index in [9.17, 15) is 18.0 Å². The maximum atomic E-state index is 11.8. The van der Waals surface area contributed by atoms with Crippen LogP contribution in [0.3, 0.4) is 0 Å². The lowest BCUT2D eigenvalue weighted by Crippen LogP contribution is -2.41. The van der Waals surface area contributed by atoms with Crippen LogP contribution in [0.4, 0.5) is 13.2 Å². The Morgan fingerprint density at radius 2 is 2.06 bits per heavy atom. The number of nitrogens with one attached hydrogen (secondary N) is 1. The van der Waals surface area contributed by atoms with E-state index < -0.39 is 18.6 Å². The third-order valence-electron chi connectivity index (χ3n) is 1.93. The van der Waals surface area contributed by atoms with E-state index in [-0.39, 0.29) is 13.2 Å². The fraction of sp³-hybridized carbons (Fsp3) is 0.889. The number of aliphatic hydroxyl groups excluding tert-OH is 1. The summed E-state index contributed by atoms with van der Waals surface area (Å²) < 4.78 is 35.3. The van der Waals surface area contributed by atoms with E-state index in [2.05, 4.69) is 0 Å². The van der Waals surface area contributed by atoms with E-state index >= 15 is 0 Å². The van der Waals surface area contributed by atoms with Crippen molar-refractivity contribution >= 4 is 5.91 Å². The van der Waals surface area contributed by atoms with Gasteiger partial charge in [0.15, 0.2) is 0 Å². The lowest BCUT2D eigenvalue weighted by Gasteiger charge is -2.19. The molecule has 0 spiro atoms. The zero-order chi connectivity index (χ0) is 12.6. The molecule has 0 unspecified atom stereocenters. The quantitative estimate of drug-likeness (QED) is 0.678. The number of nitrogens with zero attached hydrogens (tertiary/aromatic N) is 1. The Bertz CT molecular complexity index is 209. The van der Waals surface area contributed by atoms with Gasteiger partial charge in [0, 0.05) is 13.2 Å². The molecule has 0 rings (SSSR count). The van der Waals surface area contributed by atoms with Crippen molar-refractivity contribution in [2.75, 3.05) is 32.8 Å². The molecule has 2 N–H and O–H groups in total. The first-order valence-corrected chi connectivity index (χ1v) is 5.05. The molecule has 0 atom stereocenters. The number of amides is 1. The molecule has 0 saturated heterocycles. The molecule has 1 amide bonds. The van der Waals surface area contributed by atoms with Crippen LogP contribution in [-0.2, 0) is 4.79 Å². The van der Waals surface area contributed by atoms with Gasteiger partial charge in [-0.1, -0.05) is 6.92 Å². The SMILES string of the molecule is CCN(CCCO)CC(=O)NCC(F)(F)F. The normalized spacial score (nSPS) is 11.9. The Morgan fingerprint density at radius 3 is 2.50 bits per heavy atom. The van der Waals surface area contributed by atoms with E-state index in [1.165, 1.54) is 0 Å². The number of halogens is 3. The number of rotatable bonds is 7. The molecule has 0 radical (unpaired) electrons. The van der Waals surface area contributed by atoms with Gasteiger partial charge in [-0.15, -0.1) is 0 Å². The fourth-order valence-electron chi connectivity index (χ4n) is 1.10. The minimum absolute atomic E-state index is 0.000665. The zero-order valence-electron chi connectivity index (χ0n) is 9.18. The van der Waals surface area contributed by atoms with Crippen LogP contribution in [0.15, 0.2) is 0 Å². The first kappa shape index (κ1) is 15.2. The Labute approximate surface area is 92.4 Å². The Hall–Kier alpha value is -0.820. The molecule has 7 heteroatoms. The minimum atomic E-state index is -4.38. The maximum absolute atomic E-state index is 11.8. The van der Waals surface area contributed by atoms with Crippen molar-refractivity contribution in [3.8, 4) is 0 Å². The van der Waals surface area contributed by atoms with Gasteiger partial charge in [-0.05, 0) is 13.0 Å². The van der Waals surface area contributed by atoms with E-state index in [0.29, 0.717) is 19.5 Å². The van der Waals surface area contributed by atoms with Gasteiger partial charge in [0.2, 0.25) is 5.91 Å². The number of hydrogen-bond donors (Lipinski definition) is 2. The summed E-state index contributed by atoms with van der Waals surface area (Å²) in [6.07, 6.45) is -3.88. The van der Waals surface area contributed by atoms with Crippen molar-refractivity contribution in [3.05, 3.63) is 0 Å². The van der Waals surface area contributed by atoms with Crippen LogP contribution in [0.1, 0.15) is 13.3 Å². The van der Waals surface area contributed by atoms with E-state index in [1.807, 2.05) is 0 Å². The van der Waals surface area contributed by atoms with E-state index in [4.69, 9.17) is 5.11 Å². The molecule has 0 heterocycles. The predicted molar refractivity (Wildman–Crippen MR) is 52.9 cm³/mol. The summed E-state index contributed by atoms with van der Waals surface area (Å²) in [4.78, 5) is 12.8. The summed E-state index contributed by atoms with van der Waals surface area (Å²) in [7, 11) is 0. The van der Waals surface area contributed by atoms with Gasteiger partial charge < -0.3 is 10.4 Å². The van der Waals surface area contributed by atoms with Gasteiger partial charge in [0.1, 0.15) is 6.54 Å². The highest BCUT2D eigenvalue weighted by Gasteiger charge is 2.27. The van der Waals surface area contributed by atoms with Crippen molar-refractivity contribution in [1.82, 2.24) is 10.2 Å². The van der Waals surface area contributed by atoms with Crippen molar-refractivity contribution in [3.63, 3.8) is 0 Å². The van der Waals surface area contributed by atoms with Crippen LogP contribution in [-0.4, -0.2) is 54.9 Å².